The van der Waals surface area contributed by atoms with E-state index in [-0.39, 0.29) is 18.3 Å². The molecule has 2 heterocycles. The number of amides is 1. The first-order valence-corrected chi connectivity index (χ1v) is 8.24. The number of ether oxygens (including phenoxy) is 1. The van der Waals surface area contributed by atoms with Gasteiger partial charge < -0.3 is 14.1 Å². The number of halogens is 3. The fourth-order valence-electron chi connectivity index (χ4n) is 2.78. The van der Waals surface area contributed by atoms with Crippen LogP contribution in [0.5, 0.6) is 5.75 Å². The Kier molecular flexibility index (Phi) is 5.51. The fourth-order valence-corrected chi connectivity index (χ4v) is 2.78. The van der Waals surface area contributed by atoms with Crippen molar-refractivity contribution in [2.45, 2.75) is 12.7 Å². The van der Waals surface area contributed by atoms with E-state index in [4.69, 9.17) is 9.15 Å². The third-order valence-corrected chi connectivity index (χ3v) is 4.21. The maximum atomic E-state index is 12.7. The zero-order valence-electron chi connectivity index (χ0n) is 14.0. The van der Waals surface area contributed by atoms with Crippen molar-refractivity contribution < 1.29 is 27.1 Å². The summed E-state index contributed by atoms with van der Waals surface area (Å²) in [7, 11) is 0. The highest BCUT2D eigenvalue weighted by Gasteiger charge is 2.30. The largest absolute Gasteiger partial charge is 0.484 e. The second-order valence-corrected chi connectivity index (χ2v) is 6.05. The van der Waals surface area contributed by atoms with Crippen LogP contribution in [0.25, 0.3) is 0 Å². The molecule has 0 N–H and O–H groups in total. The van der Waals surface area contributed by atoms with Gasteiger partial charge in [-0.2, -0.15) is 13.2 Å². The number of hydrogen-bond acceptors (Lipinski definition) is 4. The summed E-state index contributed by atoms with van der Waals surface area (Å²) < 4.78 is 48.6. The van der Waals surface area contributed by atoms with Gasteiger partial charge in [0.25, 0.3) is 5.91 Å². The third-order valence-electron chi connectivity index (χ3n) is 4.21. The summed E-state index contributed by atoms with van der Waals surface area (Å²) in [5.74, 6) is 0.669. The molecule has 3 rings (SSSR count). The highest BCUT2D eigenvalue weighted by molar-refractivity contribution is 5.77. The summed E-state index contributed by atoms with van der Waals surface area (Å²) in [4.78, 5) is 16.1. The molecule has 0 atom stereocenters. The van der Waals surface area contributed by atoms with Crippen LogP contribution in [0.4, 0.5) is 13.2 Å². The van der Waals surface area contributed by atoms with Gasteiger partial charge in [0.05, 0.1) is 18.4 Å². The lowest BCUT2D eigenvalue weighted by molar-refractivity contribution is -0.137. The first kappa shape index (κ1) is 18.3. The van der Waals surface area contributed by atoms with Gasteiger partial charge in [0.15, 0.2) is 6.61 Å². The SMILES string of the molecule is O=C(COc1cccc(C(F)(F)F)c1)N1CCN(Cc2ccco2)CC1. The standard InChI is InChI=1S/C18H19F3N2O3/c19-18(20,21)14-3-1-4-15(11-14)26-13-17(24)23-8-6-22(7-9-23)12-16-5-2-10-25-16/h1-5,10-11H,6-9,12-13H2. The molecule has 140 valence electrons. The number of benzene rings is 1. The molecule has 1 aromatic carbocycles. The van der Waals surface area contributed by atoms with Crippen LogP contribution in [0.3, 0.4) is 0 Å². The molecule has 0 aliphatic carbocycles. The molecule has 0 saturated carbocycles. The number of piperazine rings is 1. The van der Waals surface area contributed by atoms with Crippen LogP contribution in [-0.2, 0) is 17.5 Å². The van der Waals surface area contributed by atoms with Gasteiger partial charge in [0.1, 0.15) is 11.5 Å². The molecule has 0 unspecified atom stereocenters. The topological polar surface area (TPSA) is 45.9 Å². The van der Waals surface area contributed by atoms with Crippen molar-refractivity contribution in [1.82, 2.24) is 9.80 Å². The predicted molar refractivity (Wildman–Crippen MR) is 87.5 cm³/mol. The molecular weight excluding hydrogens is 349 g/mol. The van der Waals surface area contributed by atoms with Crippen LogP contribution in [0.2, 0.25) is 0 Å². The van der Waals surface area contributed by atoms with Gasteiger partial charge in [0, 0.05) is 26.2 Å². The first-order chi connectivity index (χ1) is 12.4. The molecule has 0 bridgehead atoms. The molecule has 0 radical (unpaired) electrons. The normalized spacial score (nSPS) is 15.9. The molecule has 1 saturated heterocycles. The lowest BCUT2D eigenvalue weighted by Gasteiger charge is -2.34. The maximum absolute atomic E-state index is 12.7. The van der Waals surface area contributed by atoms with E-state index in [2.05, 4.69) is 4.90 Å². The fraction of sp³-hybridized carbons (Fsp3) is 0.389. The highest BCUT2D eigenvalue weighted by atomic mass is 19.4. The number of carbonyl (C=O) groups excluding carboxylic acids is 1. The Labute approximate surface area is 148 Å². The minimum absolute atomic E-state index is 0.0321. The molecule has 1 fully saturated rings. The maximum Gasteiger partial charge on any atom is 0.416 e. The van der Waals surface area contributed by atoms with Crippen molar-refractivity contribution in [3.8, 4) is 5.75 Å². The summed E-state index contributed by atoms with van der Waals surface area (Å²) in [5.41, 5.74) is -0.797. The van der Waals surface area contributed by atoms with Gasteiger partial charge in [-0.25, -0.2) is 0 Å². The minimum Gasteiger partial charge on any atom is -0.484 e. The van der Waals surface area contributed by atoms with E-state index in [1.54, 1.807) is 11.2 Å². The van der Waals surface area contributed by atoms with Gasteiger partial charge in [-0.1, -0.05) is 6.07 Å². The smallest absolute Gasteiger partial charge is 0.416 e. The van der Waals surface area contributed by atoms with Crippen LogP contribution >= 0.6 is 0 Å². The number of alkyl halides is 3. The molecule has 0 spiro atoms. The lowest BCUT2D eigenvalue weighted by atomic mass is 10.2. The van der Waals surface area contributed by atoms with Gasteiger partial charge in [-0.15, -0.1) is 0 Å². The number of hydrogen-bond donors (Lipinski definition) is 0. The molecule has 1 aliphatic rings. The predicted octanol–water partition coefficient (Wildman–Crippen LogP) is 3.02. The number of carbonyl (C=O) groups is 1. The van der Waals surface area contributed by atoms with Crippen molar-refractivity contribution in [1.29, 1.82) is 0 Å². The first-order valence-electron chi connectivity index (χ1n) is 8.24. The molecule has 26 heavy (non-hydrogen) atoms. The Morgan fingerprint density at radius 3 is 2.54 bits per heavy atom. The van der Waals surface area contributed by atoms with Crippen LogP contribution in [0.1, 0.15) is 11.3 Å². The molecule has 1 aliphatic heterocycles. The molecule has 8 heteroatoms. The Bertz CT molecular complexity index is 724. The van der Waals surface area contributed by atoms with Crippen molar-refractivity contribution in [3.05, 3.63) is 54.0 Å². The summed E-state index contributed by atoms with van der Waals surface area (Å²) >= 11 is 0. The molecule has 1 amide bonds. The van der Waals surface area contributed by atoms with Crippen molar-refractivity contribution in [2.24, 2.45) is 0 Å². The Morgan fingerprint density at radius 2 is 1.88 bits per heavy atom. The van der Waals surface area contributed by atoms with E-state index >= 15 is 0 Å². The molecular formula is C18H19F3N2O3. The average molecular weight is 368 g/mol. The molecule has 1 aromatic heterocycles. The monoisotopic (exact) mass is 368 g/mol. The van der Waals surface area contributed by atoms with Crippen LogP contribution in [-0.4, -0.2) is 48.5 Å². The zero-order valence-corrected chi connectivity index (χ0v) is 14.0. The summed E-state index contributed by atoms with van der Waals surface area (Å²) in [5, 5.41) is 0. The third kappa shape index (κ3) is 4.78. The van der Waals surface area contributed by atoms with E-state index in [1.807, 2.05) is 12.1 Å². The number of nitrogens with zero attached hydrogens (tertiary/aromatic N) is 2. The van der Waals surface area contributed by atoms with Crippen molar-refractivity contribution >= 4 is 5.91 Å². The van der Waals surface area contributed by atoms with Crippen molar-refractivity contribution in [3.63, 3.8) is 0 Å². The van der Waals surface area contributed by atoms with E-state index in [0.29, 0.717) is 32.7 Å². The quantitative estimate of drug-likeness (QED) is 0.814. The molecule has 5 nitrogen and oxygen atoms in total. The Morgan fingerprint density at radius 1 is 1.12 bits per heavy atom. The van der Waals surface area contributed by atoms with Crippen molar-refractivity contribution in [2.75, 3.05) is 32.8 Å². The van der Waals surface area contributed by atoms with Gasteiger partial charge in [0.2, 0.25) is 0 Å². The number of furan rings is 1. The highest BCUT2D eigenvalue weighted by Crippen LogP contribution is 2.31. The Balaban J connectivity index is 1.46. The van der Waals surface area contributed by atoms with Gasteiger partial charge in [-0.05, 0) is 30.3 Å². The van der Waals surface area contributed by atoms with E-state index in [0.717, 1.165) is 17.9 Å². The van der Waals surface area contributed by atoms with Crippen LogP contribution in [0, 0.1) is 0 Å². The van der Waals surface area contributed by atoms with Gasteiger partial charge >= 0.3 is 6.18 Å². The zero-order chi connectivity index (χ0) is 18.6. The Hall–Kier alpha value is -2.48. The second kappa shape index (κ2) is 7.82. The summed E-state index contributed by atoms with van der Waals surface area (Å²) in [6.07, 6.45) is -2.81. The lowest BCUT2D eigenvalue weighted by Crippen LogP contribution is -2.49. The van der Waals surface area contributed by atoms with Crippen LogP contribution in [0.15, 0.2) is 47.1 Å². The second-order valence-electron chi connectivity index (χ2n) is 6.05. The number of rotatable bonds is 5. The van der Waals surface area contributed by atoms with E-state index < -0.39 is 11.7 Å². The molecule has 2 aromatic rings. The minimum atomic E-state index is -4.44. The van der Waals surface area contributed by atoms with Gasteiger partial charge in [-0.3, -0.25) is 9.69 Å². The van der Waals surface area contributed by atoms with Crippen LogP contribution < -0.4 is 4.74 Å². The van der Waals surface area contributed by atoms with E-state index in [1.165, 1.54) is 12.1 Å². The van der Waals surface area contributed by atoms with E-state index in [9.17, 15) is 18.0 Å². The average Bonchev–Trinajstić information content (AvgIpc) is 3.13. The summed E-state index contributed by atoms with van der Waals surface area (Å²) in [6.45, 7) is 2.91. The summed E-state index contributed by atoms with van der Waals surface area (Å²) in [6, 6.07) is 8.27.